The van der Waals surface area contributed by atoms with Crippen LogP contribution in [0.25, 0.3) is 0 Å². The second-order valence-corrected chi connectivity index (χ2v) is 5.88. The minimum atomic E-state index is -0.216. The molecular formula is C17H20BrFN2. The fourth-order valence-electron chi connectivity index (χ4n) is 2.50. The van der Waals surface area contributed by atoms with Gasteiger partial charge in [-0.2, -0.15) is 0 Å². The summed E-state index contributed by atoms with van der Waals surface area (Å²) in [5.74, 6) is -0.216. The van der Waals surface area contributed by atoms with E-state index in [1.807, 2.05) is 30.3 Å². The van der Waals surface area contributed by atoms with Gasteiger partial charge < -0.3 is 5.73 Å². The summed E-state index contributed by atoms with van der Waals surface area (Å²) in [7, 11) is 0. The minimum absolute atomic E-state index is 0.122. The SMILES string of the molecule is CCN(Cc1ccccc1)C(CN)c1ccc(Br)cc1F. The lowest BCUT2D eigenvalue weighted by molar-refractivity contribution is 0.199. The Morgan fingerprint density at radius 1 is 1.19 bits per heavy atom. The highest BCUT2D eigenvalue weighted by Gasteiger charge is 2.21. The van der Waals surface area contributed by atoms with Crippen molar-refractivity contribution in [3.8, 4) is 0 Å². The summed E-state index contributed by atoms with van der Waals surface area (Å²) in [6, 6.07) is 15.2. The van der Waals surface area contributed by atoms with Gasteiger partial charge in [-0.3, -0.25) is 4.90 Å². The first-order chi connectivity index (χ1) is 10.2. The van der Waals surface area contributed by atoms with Crippen LogP contribution in [-0.4, -0.2) is 18.0 Å². The van der Waals surface area contributed by atoms with E-state index in [-0.39, 0.29) is 11.9 Å². The molecule has 2 N–H and O–H groups in total. The van der Waals surface area contributed by atoms with E-state index < -0.39 is 0 Å². The van der Waals surface area contributed by atoms with Crippen LogP contribution in [0.2, 0.25) is 0 Å². The Morgan fingerprint density at radius 3 is 2.48 bits per heavy atom. The Kier molecular flexibility index (Phi) is 5.91. The molecule has 0 aliphatic rings. The van der Waals surface area contributed by atoms with Crippen LogP contribution in [0.4, 0.5) is 4.39 Å². The number of rotatable bonds is 6. The molecule has 2 aromatic rings. The quantitative estimate of drug-likeness (QED) is 0.849. The molecule has 1 unspecified atom stereocenters. The third kappa shape index (κ3) is 4.13. The average molecular weight is 351 g/mol. The van der Waals surface area contributed by atoms with E-state index in [4.69, 9.17) is 5.73 Å². The molecule has 0 bridgehead atoms. The van der Waals surface area contributed by atoms with E-state index in [0.29, 0.717) is 12.1 Å². The lowest BCUT2D eigenvalue weighted by Gasteiger charge is -2.30. The molecule has 0 spiro atoms. The van der Waals surface area contributed by atoms with Crippen molar-refractivity contribution in [1.82, 2.24) is 4.90 Å². The second-order valence-electron chi connectivity index (χ2n) is 4.97. The molecule has 2 aromatic carbocycles. The number of nitrogens with zero attached hydrogens (tertiary/aromatic N) is 1. The number of benzene rings is 2. The normalized spacial score (nSPS) is 12.6. The molecule has 4 heteroatoms. The number of nitrogens with two attached hydrogens (primary N) is 1. The van der Waals surface area contributed by atoms with Gasteiger partial charge in [-0.15, -0.1) is 0 Å². The third-order valence-corrected chi connectivity index (χ3v) is 4.11. The standard InChI is InChI=1S/C17H20BrFN2/c1-2-21(12-13-6-4-3-5-7-13)17(11-20)15-9-8-14(18)10-16(15)19/h3-10,17H,2,11-12,20H2,1H3. The first kappa shape index (κ1) is 16.1. The number of hydrogen-bond donors (Lipinski definition) is 1. The summed E-state index contributed by atoms with van der Waals surface area (Å²) in [6.45, 7) is 4.03. The smallest absolute Gasteiger partial charge is 0.129 e. The van der Waals surface area contributed by atoms with Crippen molar-refractivity contribution in [2.75, 3.05) is 13.1 Å². The van der Waals surface area contributed by atoms with Crippen LogP contribution in [0.1, 0.15) is 24.1 Å². The van der Waals surface area contributed by atoms with Crippen molar-refractivity contribution in [3.05, 3.63) is 69.9 Å². The van der Waals surface area contributed by atoms with Gasteiger partial charge in [0, 0.05) is 23.1 Å². The van der Waals surface area contributed by atoms with Crippen molar-refractivity contribution in [2.45, 2.75) is 19.5 Å². The van der Waals surface area contributed by atoms with Crippen LogP contribution in [0.5, 0.6) is 0 Å². The summed E-state index contributed by atoms with van der Waals surface area (Å²) in [5.41, 5.74) is 7.78. The molecular weight excluding hydrogens is 331 g/mol. The molecule has 0 saturated carbocycles. The lowest BCUT2D eigenvalue weighted by atomic mass is 10.0. The van der Waals surface area contributed by atoms with Gasteiger partial charge in [0.05, 0.1) is 6.04 Å². The molecule has 0 amide bonds. The van der Waals surface area contributed by atoms with Gasteiger partial charge in [-0.1, -0.05) is 59.3 Å². The van der Waals surface area contributed by atoms with Gasteiger partial charge in [0.25, 0.3) is 0 Å². The molecule has 1 atom stereocenters. The van der Waals surface area contributed by atoms with E-state index in [1.165, 1.54) is 11.6 Å². The van der Waals surface area contributed by atoms with Crippen LogP contribution >= 0.6 is 15.9 Å². The molecule has 0 aliphatic heterocycles. The zero-order chi connectivity index (χ0) is 15.2. The van der Waals surface area contributed by atoms with Gasteiger partial charge in [-0.25, -0.2) is 4.39 Å². The summed E-state index contributed by atoms with van der Waals surface area (Å²) < 4.78 is 15.0. The summed E-state index contributed by atoms with van der Waals surface area (Å²) in [5, 5.41) is 0. The molecule has 112 valence electrons. The lowest BCUT2D eigenvalue weighted by Crippen LogP contribution is -2.33. The fourth-order valence-corrected chi connectivity index (χ4v) is 2.84. The van der Waals surface area contributed by atoms with Crippen molar-refractivity contribution in [2.24, 2.45) is 5.73 Å². The topological polar surface area (TPSA) is 29.3 Å². The molecule has 0 aromatic heterocycles. The van der Waals surface area contributed by atoms with Crippen molar-refractivity contribution in [1.29, 1.82) is 0 Å². The molecule has 0 fully saturated rings. The Balaban J connectivity index is 2.25. The average Bonchev–Trinajstić information content (AvgIpc) is 2.49. The molecule has 2 rings (SSSR count). The minimum Gasteiger partial charge on any atom is -0.329 e. The number of likely N-dealkylation sites (N-methyl/N-ethyl adjacent to an activating group) is 1. The predicted octanol–water partition coefficient (Wildman–Crippen LogP) is 4.11. The summed E-state index contributed by atoms with van der Waals surface area (Å²) in [4.78, 5) is 2.20. The maximum absolute atomic E-state index is 14.2. The van der Waals surface area contributed by atoms with Crippen molar-refractivity contribution in [3.63, 3.8) is 0 Å². The van der Waals surface area contributed by atoms with Crippen LogP contribution in [0.3, 0.4) is 0 Å². The molecule has 0 radical (unpaired) electrons. The van der Waals surface area contributed by atoms with E-state index in [2.05, 4.69) is 39.9 Å². The number of halogens is 2. The van der Waals surface area contributed by atoms with E-state index in [1.54, 1.807) is 0 Å². The first-order valence-corrected chi connectivity index (χ1v) is 7.88. The van der Waals surface area contributed by atoms with Crippen LogP contribution in [0.15, 0.2) is 53.0 Å². The molecule has 0 heterocycles. The van der Waals surface area contributed by atoms with Crippen LogP contribution < -0.4 is 5.73 Å². The van der Waals surface area contributed by atoms with Crippen molar-refractivity contribution < 1.29 is 4.39 Å². The summed E-state index contributed by atoms with van der Waals surface area (Å²) in [6.07, 6.45) is 0. The Hall–Kier alpha value is -1.23. The van der Waals surface area contributed by atoms with Gasteiger partial charge in [0.15, 0.2) is 0 Å². The van der Waals surface area contributed by atoms with E-state index >= 15 is 0 Å². The van der Waals surface area contributed by atoms with Crippen LogP contribution in [0, 0.1) is 5.82 Å². The van der Waals surface area contributed by atoms with Gasteiger partial charge in [0.2, 0.25) is 0 Å². The highest BCUT2D eigenvalue weighted by atomic mass is 79.9. The maximum atomic E-state index is 14.2. The van der Waals surface area contributed by atoms with E-state index in [0.717, 1.165) is 17.6 Å². The largest absolute Gasteiger partial charge is 0.329 e. The Morgan fingerprint density at radius 2 is 1.90 bits per heavy atom. The second kappa shape index (κ2) is 7.69. The van der Waals surface area contributed by atoms with E-state index in [9.17, 15) is 4.39 Å². The van der Waals surface area contributed by atoms with Gasteiger partial charge in [-0.05, 0) is 24.2 Å². The Labute approximate surface area is 133 Å². The van der Waals surface area contributed by atoms with Crippen molar-refractivity contribution >= 4 is 15.9 Å². The highest BCUT2D eigenvalue weighted by molar-refractivity contribution is 9.10. The first-order valence-electron chi connectivity index (χ1n) is 7.08. The number of hydrogen-bond acceptors (Lipinski definition) is 2. The molecule has 21 heavy (non-hydrogen) atoms. The summed E-state index contributed by atoms with van der Waals surface area (Å²) >= 11 is 3.29. The monoisotopic (exact) mass is 350 g/mol. The zero-order valence-electron chi connectivity index (χ0n) is 12.1. The predicted molar refractivity (Wildman–Crippen MR) is 88.4 cm³/mol. The highest BCUT2D eigenvalue weighted by Crippen LogP contribution is 2.26. The maximum Gasteiger partial charge on any atom is 0.129 e. The van der Waals surface area contributed by atoms with Crippen LogP contribution in [-0.2, 0) is 6.54 Å². The third-order valence-electron chi connectivity index (χ3n) is 3.62. The van der Waals surface area contributed by atoms with Gasteiger partial charge >= 0.3 is 0 Å². The fraction of sp³-hybridized carbons (Fsp3) is 0.294. The van der Waals surface area contributed by atoms with Gasteiger partial charge in [0.1, 0.15) is 5.82 Å². The molecule has 0 aliphatic carbocycles. The zero-order valence-corrected chi connectivity index (χ0v) is 13.7. The Bertz CT molecular complexity index is 574. The molecule has 0 saturated heterocycles. The molecule has 2 nitrogen and oxygen atoms in total.